The smallest absolute Gasteiger partial charge is 0.311 e. The van der Waals surface area contributed by atoms with Gasteiger partial charge in [0.15, 0.2) is 5.75 Å². The Bertz CT molecular complexity index is 987. The van der Waals surface area contributed by atoms with E-state index in [1.807, 2.05) is 0 Å². The van der Waals surface area contributed by atoms with Gasteiger partial charge in [-0.15, -0.1) is 0 Å². The Labute approximate surface area is 150 Å². The van der Waals surface area contributed by atoms with Crippen LogP contribution in [0.4, 0.5) is 26.0 Å². The average Bonchev–Trinajstić information content (AvgIpc) is 2.62. The fraction of sp³-hybridized carbons (Fsp3) is 0.125. The lowest BCUT2D eigenvalue weighted by atomic mass is 10.2. The van der Waals surface area contributed by atoms with Gasteiger partial charge in [-0.2, -0.15) is 0 Å². The summed E-state index contributed by atoms with van der Waals surface area (Å²) in [5.74, 6) is -0.400. The molecular weight excluding hydrogens is 370 g/mol. The molecule has 0 aliphatic rings. The van der Waals surface area contributed by atoms with Gasteiger partial charge >= 0.3 is 5.69 Å². The first-order valence-electron chi connectivity index (χ1n) is 7.33. The van der Waals surface area contributed by atoms with Crippen molar-refractivity contribution >= 4 is 39.7 Å². The van der Waals surface area contributed by atoms with E-state index in [4.69, 9.17) is 16.3 Å². The maximum atomic E-state index is 13.3. The Morgan fingerprint density at radius 2 is 2.08 bits per heavy atom. The van der Waals surface area contributed by atoms with Crippen LogP contribution in [0.25, 0.3) is 10.9 Å². The summed E-state index contributed by atoms with van der Waals surface area (Å²) in [5, 5.41) is 14.5. The molecule has 0 fully saturated rings. The molecule has 0 aliphatic carbocycles. The minimum atomic E-state index is -0.781. The average molecular weight is 381 g/mol. The van der Waals surface area contributed by atoms with Crippen LogP contribution < -0.4 is 10.1 Å². The van der Waals surface area contributed by atoms with Crippen molar-refractivity contribution in [2.24, 2.45) is 0 Å². The summed E-state index contributed by atoms with van der Waals surface area (Å²) in [5.41, 5.74) is 0.452. The van der Waals surface area contributed by atoms with E-state index in [0.29, 0.717) is 16.6 Å². The SMILES string of the molecule is O=[N+]([O-])c1cc2c(Nc3ccc(F)c(Cl)c3)ncnc2cc1OCCF. The molecular formula is C16H11ClF2N4O3. The molecule has 0 atom stereocenters. The molecule has 1 aromatic heterocycles. The van der Waals surface area contributed by atoms with E-state index in [1.54, 1.807) is 0 Å². The molecule has 0 radical (unpaired) electrons. The molecule has 0 unspecified atom stereocenters. The van der Waals surface area contributed by atoms with E-state index in [-0.39, 0.29) is 28.9 Å². The van der Waals surface area contributed by atoms with Crippen molar-refractivity contribution in [3.63, 3.8) is 0 Å². The molecule has 3 rings (SSSR count). The van der Waals surface area contributed by atoms with Gasteiger partial charge in [-0.25, -0.2) is 18.7 Å². The summed E-state index contributed by atoms with van der Waals surface area (Å²) in [7, 11) is 0. The van der Waals surface area contributed by atoms with Crippen molar-refractivity contribution in [3.05, 3.63) is 57.6 Å². The quantitative estimate of drug-likeness (QED) is 0.502. The number of hydrogen-bond donors (Lipinski definition) is 1. The van der Waals surface area contributed by atoms with Crippen molar-refractivity contribution in [1.29, 1.82) is 0 Å². The molecule has 7 nitrogen and oxygen atoms in total. The molecule has 1 N–H and O–H groups in total. The van der Waals surface area contributed by atoms with Crippen LogP contribution in [0.3, 0.4) is 0 Å². The van der Waals surface area contributed by atoms with E-state index >= 15 is 0 Å². The number of nitro groups is 1. The molecule has 10 heteroatoms. The van der Waals surface area contributed by atoms with Crippen molar-refractivity contribution in [2.75, 3.05) is 18.6 Å². The van der Waals surface area contributed by atoms with E-state index < -0.39 is 17.4 Å². The number of aromatic nitrogens is 2. The monoisotopic (exact) mass is 380 g/mol. The largest absolute Gasteiger partial charge is 0.484 e. The number of alkyl halides is 1. The number of fused-ring (bicyclic) bond motifs is 1. The minimum absolute atomic E-state index is 0.0822. The van der Waals surface area contributed by atoms with Gasteiger partial charge in [0.2, 0.25) is 0 Å². The third-order valence-corrected chi connectivity index (χ3v) is 3.72. The van der Waals surface area contributed by atoms with Crippen molar-refractivity contribution in [3.8, 4) is 5.75 Å². The predicted octanol–water partition coefficient (Wildman–Crippen LogP) is 4.42. The van der Waals surface area contributed by atoms with Crippen molar-refractivity contribution < 1.29 is 18.4 Å². The first-order valence-corrected chi connectivity index (χ1v) is 7.71. The zero-order valence-electron chi connectivity index (χ0n) is 13.1. The van der Waals surface area contributed by atoms with Gasteiger partial charge in [0.05, 0.1) is 20.8 Å². The molecule has 134 valence electrons. The first-order chi connectivity index (χ1) is 12.5. The highest BCUT2D eigenvalue weighted by Crippen LogP contribution is 2.34. The van der Waals surface area contributed by atoms with Crippen LogP contribution in [0.15, 0.2) is 36.7 Å². The molecule has 26 heavy (non-hydrogen) atoms. The van der Waals surface area contributed by atoms with Crippen LogP contribution in [0.5, 0.6) is 5.75 Å². The van der Waals surface area contributed by atoms with Gasteiger partial charge in [-0.05, 0) is 18.2 Å². The van der Waals surface area contributed by atoms with Gasteiger partial charge in [-0.3, -0.25) is 10.1 Å². The number of nitrogens with one attached hydrogen (secondary N) is 1. The van der Waals surface area contributed by atoms with Gasteiger partial charge in [-0.1, -0.05) is 11.6 Å². The van der Waals surface area contributed by atoms with Gasteiger partial charge in [0, 0.05) is 17.8 Å². The molecule has 1 heterocycles. The number of hydrogen-bond acceptors (Lipinski definition) is 6. The molecule has 0 saturated carbocycles. The minimum Gasteiger partial charge on any atom is -0.484 e. The summed E-state index contributed by atoms with van der Waals surface area (Å²) < 4.78 is 30.7. The highest BCUT2D eigenvalue weighted by molar-refractivity contribution is 6.31. The highest BCUT2D eigenvalue weighted by atomic mass is 35.5. The van der Waals surface area contributed by atoms with E-state index in [1.165, 1.54) is 36.7 Å². The number of ether oxygens (including phenoxy) is 1. The molecule has 3 aromatic rings. The molecule has 0 saturated heterocycles. The lowest BCUT2D eigenvalue weighted by molar-refractivity contribution is -0.385. The second kappa shape index (κ2) is 7.44. The van der Waals surface area contributed by atoms with Crippen LogP contribution in [0.1, 0.15) is 0 Å². The van der Waals surface area contributed by atoms with Gasteiger partial charge < -0.3 is 10.1 Å². The molecule has 0 bridgehead atoms. The van der Waals surface area contributed by atoms with Crippen LogP contribution in [0, 0.1) is 15.9 Å². The van der Waals surface area contributed by atoms with Gasteiger partial charge in [0.25, 0.3) is 0 Å². The number of rotatable bonds is 6. The standard InChI is InChI=1S/C16H11ClF2N4O3/c17-11-5-9(1-2-12(11)19)22-16-10-6-14(23(24)25)15(26-4-3-18)7-13(10)20-8-21-16/h1-2,5-8H,3-4H2,(H,20,21,22). The summed E-state index contributed by atoms with van der Waals surface area (Å²) in [4.78, 5) is 18.8. The number of benzene rings is 2. The zero-order chi connectivity index (χ0) is 18.7. The Hall–Kier alpha value is -3.07. The molecule has 0 aliphatic heterocycles. The van der Waals surface area contributed by atoms with E-state index in [0.717, 1.165) is 0 Å². The normalized spacial score (nSPS) is 10.7. The summed E-state index contributed by atoms with van der Waals surface area (Å²) >= 11 is 5.75. The second-order valence-electron chi connectivity index (χ2n) is 5.11. The molecule has 2 aromatic carbocycles. The maximum absolute atomic E-state index is 13.3. The third-order valence-electron chi connectivity index (χ3n) is 3.43. The van der Waals surface area contributed by atoms with Crippen molar-refractivity contribution in [2.45, 2.75) is 0 Å². The fourth-order valence-corrected chi connectivity index (χ4v) is 2.47. The lowest BCUT2D eigenvalue weighted by Gasteiger charge is -2.10. The number of nitro benzene ring substituents is 1. The topological polar surface area (TPSA) is 90.2 Å². The molecule has 0 amide bonds. The summed E-state index contributed by atoms with van der Waals surface area (Å²) in [6.07, 6.45) is 1.25. The van der Waals surface area contributed by atoms with Crippen molar-refractivity contribution in [1.82, 2.24) is 9.97 Å². The van der Waals surface area contributed by atoms with Crippen LogP contribution >= 0.6 is 11.6 Å². The predicted molar refractivity (Wildman–Crippen MR) is 92.4 cm³/mol. The fourth-order valence-electron chi connectivity index (χ4n) is 2.29. The Kier molecular flexibility index (Phi) is 5.08. The Morgan fingerprint density at radius 1 is 1.27 bits per heavy atom. The molecule has 0 spiro atoms. The van der Waals surface area contributed by atoms with Crippen LogP contribution in [-0.2, 0) is 0 Å². The van der Waals surface area contributed by atoms with Crippen LogP contribution in [-0.4, -0.2) is 28.2 Å². The second-order valence-corrected chi connectivity index (χ2v) is 5.51. The lowest BCUT2D eigenvalue weighted by Crippen LogP contribution is -2.03. The Balaban J connectivity index is 2.07. The number of anilines is 2. The van der Waals surface area contributed by atoms with E-state index in [9.17, 15) is 18.9 Å². The summed E-state index contributed by atoms with van der Waals surface area (Å²) in [6, 6.07) is 6.56. The number of nitrogens with zero attached hydrogens (tertiary/aromatic N) is 3. The zero-order valence-corrected chi connectivity index (χ0v) is 13.8. The maximum Gasteiger partial charge on any atom is 0.311 e. The highest BCUT2D eigenvalue weighted by Gasteiger charge is 2.19. The third kappa shape index (κ3) is 3.62. The van der Waals surface area contributed by atoms with E-state index in [2.05, 4.69) is 15.3 Å². The van der Waals surface area contributed by atoms with Crippen LogP contribution in [0.2, 0.25) is 5.02 Å². The first kappa shape index (κ1) is 17.7. The van der Waals surface area contributed by atoms with Gasteiger partial charge in [0.1, 0.15) is 31.2 Å². The Morgan fingerprint density at radius 3 is 2.77 bits per heavy atom. The number of halogens is 3. The summed E-state index contributed by atoms with van der Waals surface area (Å²) in [6.45, 7) is -1.09.